The molecule has 1 aromatic carbocycles. The van der Waals surface area contributed by atoms with Crippen LogP contribution < -0.4 is 15.4 Å². The number of fused-ring (bicyclic) bond motifs is 1. The largest absolute Gasteiger partial charge is 0.494 e. The molecule has 1 heterocycles. The molecule has 0 atom stereocenters. The van der Waals surface area contributed by atoms with Crippen LogP contribution in [-0.4, -0.2) is 24.5 Å². The lowest BCUT2D eigenvalue weighted by atomic mass is 9.87. The van der Waals surface area contributed by atoms with Gasteiger partial charge >= 0.3 is 0 Å². The van der Waals surface area contributed by atoms with Crippen LogP contribution in [0.15, 0.2) is 18.2 Å². The number of amides is 2. The third-order valence-corrected chi connectivity index (χ3v) is 5.17. The molecule has 2 N–H and O–H groups in total. The van der Waals surface area contributed by atoms with Crippen molar-refractivity contribution in [1.29, 1.82) is 0 Å². The van der Waals surface area contributed by atoms with Gasteiger partial charge in [-0.2, -0.15) is 0 Å². The van der Waals surface area contributed by atoms with Gasteiger partial charge in [0.1, 0.15) is 5.75 Å². The van der Waals surface area contributed by atoms with E-state index in [2.05, 4.69) is 17.6 Å². The lowest BCUT2D eigenvalue weighted by Gasteiger charge is -2.26. The summed E-state index contributed by atoms with van der Waals surface area (Å²) >= 11 is 0. The van der Waals surface area contributed by atoms with Crippen molar-refractivity contribution in [3.63, 3.8) is 0 Å². The van der Waals surface area contributed by atoms with Crippen LogP contribution in [0.5, 0.6) is 5.75 Å². The minimum absolute atomic E-state index is 0.0691. The molecule has 5 nitrogen and oxygen atoms in total. The van der Waals surface area contributed by atoms with Crippen molar-refractivity contribution in [2.75, 3.05) is 11.9 Å². The first kappa shape index (κ1) is 17.8. The number of aryl methyl sites for hydroxylation is 1. The maximum Gasteiger partial charge on any atom is 0.224 e. The summed E-state index contributed by atoms with van der Waals surface area (Å²) in [4.78, 5) is 23.4. The Kier molecular flexibility index (Phi) is 5.95. The smallest absolute Gasteiger partial charge is 0.224 e. The Labute approximate surface area is 149 Å². The summed E-state index contributed by atoms with van der Waals surface area (Å²) in [5.74, 6) is 1.80. The van der Waals surface area contributed by atoms with Crippen molar-refractivity contribution in [3.8, 4) is 5.75 Å². The number of benzene rings is 1. The highest BCUT2D eigenvalue weighted by molar-refractivity contribution is 5.94. The number of nitrogens with one attached hydrogen (secondary N) is 2. The van der Waals surface area contributed by atoms with Crippen LogP contribution in [0.4, 0.5) is 5.69 Å². The first-order chi connectivity index (χ1) is 12.1. The summed E-state index contributed by atoms with van der Waals surface area (Å²) in [6, 6.07) is 6.10. The van der Waals surface area contributed by atoms with Crippen molar-refractivity contribution in [1.82, 2.24) is 5.32 Å². The van der Waals surface area contributed by atoms with Crippen LogP contribution in [0.25, 0.3) is 0 Å². The van der Waals surface area contributed by atoms with Gasteiger partial charge in [0.25, 0.3) is 0 Å². The zero-order valence-corrected chi connectivity index (χ0v) is 15.0. The molecule has 136 valence electrons. The van der Waals surface area contributed by atoms with E-state index in [1.54, 1.807) is 0 Å². The third kappa shape index (κ3) is 5.21. The molecular weight excluding hydrogens is 316 g/mol. The zero-order chi connectivity index (χ0) is 17.6. The first-order valence-corrected chi connectivity index (χ1v) is 9.45. The van der Waals surface area contributed by atoms with Crippen molar-refractivity contribution < 1.29 is 14.3 Å². The lowest BCUT2D eigenvalue weighted by molar-refractivity contribution is -0.122. The van der Waals surface area contributed by atoms with E-state index in [1.807, 2.05) is 18.2 Å². The van der Waals surface area contributed by atoms with Crippen LogP contribution in [0, 0.1) is 5.92 Å². The predicted molar refractivity (Wildman–Crippen MR) is 97.7 cm³/mol. The number of hydrogen-bond donors (Lipinski definition) is 2. The van der Waals surface area contributed by atoms with Gasteiger partial charge in [0.2, 0.25) is 11.8 Å². The summed E-state index contributed by atoms with van der Waals surface area (Å²) in [6.07, 6.45) is 7.14. The fraction of sp³-hybridized carbons (Fsp3) is 0.600. The van der Waals surface area contributed by atoms with Crippen LogP contribution in [0.1, 0.15) is 57.4 Å². The Morgan fingerprint density at radius 3 is 2.84 bits per heavy atom. The molecule has 2 aliphatic rings. The van der Waals surface area contributed by atoms with Gasteiger partial charge in [-0.25, -0.2) is 0 Å². The van der Waals surface area contributed by atoms with Gasteiger partial charge in [0.05, 0.1) is 6.61 Å². The van der Waals surface area contributed by atoms with Gasteiger partial charge < -0.3 is 15.4 Å². The summed E-state index contributed by atoms with van der Waals surface area (Å²) in [5, 5.41) is 6.01. The van der Waals surface area contributed by atoms with Gasteiger partial charge in [0.15, 0.2) is 0 Å². The van der Waals surface area contributed by atoms with E-state index in [0.717, 1.165) is 42.2 Å². The van der Waals surface area contributed by atoms with Crippen LogP contribution in [0.3, 0.4) is 0 Å². The number of rotatable bonds is 6. The summed E-state index contributed by atoms with van der Waals surface area (Å²) in [5.41, 5.74) is 1.99. The molecule has 1 fully saturated rings. The molecule has 3 rings (SSSR count). The van der Waals surface area contributed by atoms with Crippen molar-refractivity contribution >= 4 is 17.5 Å². The second-order valence-electron chi connectivity index (χ2n) is 7.34. The topological polar surface area (TPSA) is 67.4 Å². The Morgan fingerprint density at radius 2 is 2.04 bits per heavy atom. The van der Waals surface area contributed by atoms with Crippen molar-refractivity contribution in [2.45, 2.75) is 64.3 Å². The van der Waals surface area contributed by atoms with E-state index in [9.17, 15) is 9.59 Å². The highest BCUT2D eigenvalue weighted by atomic mass is 16.5. The first-order valence-electron chi connectivity index (χ1n) is 9.45. The molecule has 0 aromatic heterocycles. The molecule has 0 radical (unpaired) electrons. The van der Waals surface area contributed by atoms with E-state index >= 15 is 0 Å². The maximum absolute atomic E-state index is 12.0. The number of ether oxygens (including phenoxy) is 1. The third-order valence-electron chi connectivity index (χ3n) is 5.17. The molecule has 0 saturated heterocycles. The number of carbonyl (C=O) groups is 2. The van der Waals surface area contributed by atoms with E-state index in [0.29, 0.717) is 31.9 Å². The number of hydrogen-bond acceptors (Lipinski definition) is 3. The fourth-order valence-electron chi connectivity index (χ4n) is 3.58. The van der Waals surface area contributed by atoms with E-state index in [1.165, 1.54) is 12.8 Å². The van der Waals surface area contributed by atoms with Gasteiger partial charge in [0, 0.05) is 24.6 Å². The molecule has 25 heavy (non-hydrogen) atoms. The SMILES string of the molecule is CC1CCC(NC(=O)CCCOc2ccc3c(c2)CCC(=O)N3)CC1. The zero-order valence-electron chi connectivity index (χ0n) is 15.0. The lowest BCUT2D eigenvalue weighted by Crippen LogP contribution is -2.37. The Bertz CT molecular complexity index is 621. The molecule has 0 bridgehead atoms. The average Bonchev–Trinajstić information content (AvgIpc) is 2.61. The highest BCUT2D eigenvalue weighted by Gasteiger charge is 2.19. The average molecular weight is 344 g/mol. The molecular formula is C20H28N2O3. The van der Waals surface area contributed by atoms with E-state index in [4.69, 9.17) is 4.74 Å². The van der Waals surface area contributed by atoms with Crippen LogP contribution in [-0.2, 0) is 16.0 Å². The monoisotopic (exact) mass is 344 g/mol. The minimum Gasteiger partial charge on any atom is -0.494 e. The second-order valence-corrected chi connectivity index (χ2v) is 7.34. The molecule has 2 amide bonds. The standard InChI is InChI=1S/C20H28N2O3/c1-14-4-7-16(8-5-14)21-19(23)3-2-12-25-17-9-10-18-15(13-17)6-11-20(24)22-18/h9-10,13-14,16H,2-8,11-12H2,1H3,(H,21,23)(H,22,24). The van der Waals surface area contributed by atoms with Crippen LogP contribution in [0.2, 0.25) is 0 Å². The second kappa shape index (κ2) is 8.37. The summed E-state index contributed by atoms with van der Waals surface area (Å²) < 4.78 is 5.76. The van der Waals surface area contributed by atoms with Gasteiger partial charge in [-0.1, -0.05) is 6.92 Å². The summed E-state index contributed by atoms with van der Waals surface area (Å²) in [6.45, 7) is 2.81. The molecule has 1 aliphatic carbocycles. The van der Waals surface area contributed by atoms with Crippen LogP contribution >= 0.6 is 0 Å². The maximum atomic E-state index is 12.0. The van der Waals surface area contributed by atoms with Gasteiger partial charge in [-0.15, -0.1) is 0 Å². The van der Waals surface area contributed by atoms with Gasteiger partial charge in [-0.05, 0) is 68.2 Å². The fourth-order valence-corrected chi connectivity index (χ4v) is 3.58. The highest BCUT2D eigenvalue weighted by Crippen LogP contribution is 2.27. The molecule has 5 heteroatoms. The molecule has 0 unspecified atom stereocenters. The Hall–Kier alpha value is -2.04. The van der Waals surface area contributed by atoms with E-state index in [-0.39, 0.29) is 11.8 Å². The molecule has 1 aliphatic heterocycles. The Morgan fingerprint density at radius 1 is 1.24 bits per heavy atom. The molecule has 1 aromatic rings. The predicted octanol–water partition coefficient (Wildman–Crippen LogP) is 3.43. The normalized spacial score (nSPS) is 22.7. The molecule has 0 spiro atoms. The quantitative estimate of drug-likeness (QED) is 0.777. The van der Waals surface area contributed by atoms with E-state index < -0.39 is 0 Å². The van der Waals surface area contributed by atoms with Crippen molar-refractivity contribution in [3.05, 3.63) is 23.8 Å². The van der Waals surface area contributed by atoms with Gasteiger partial charge in [-0.3, -0.25) is 9.59 Å². The summed E-state index contributed by atoms with van der Waals surface area (Å²) in [7, 11) is 0. The Balaban J connectivity index is 1.35. The molecule has 1 saturated carbocycles. The van der Waals surface area contributed by atoms with Crippen molar-refractivity contribution in [2.24, 2.45) is 5.92 Å². The number of anilines is 1. The number of carbonyl (C=O) groups excluding carboxylic acids is 2. The minimum atomic E-state index is 0.0691.